The highest BCUT2D eigenvalue weighted by Gasteiger charge is 2.35. The molecule has 3 aliphatic rings. The first-order valence-electron chi connectivity index (χ1n) is 9.93. The van der Waals surface area contributed by atoms with Crippen molar-refractivity contribution in [3.8, 4) is 0 Å². The molecule has 29 heavy (non-hydrogen) atoms. The van der Waals surface area contributed by atoms with Crippen LogP contribution in [-0.2, 0) is 14.7 Å². The standard InChI is InChI=1S/C22H27FN2O3S/c1-22(2,3)28-21(26)25-12-10-16(11-13-25)24-19-9-8-18-14-20(19)29(18,27)17-6-4-15(23)5-7-17/h4-9,14,16,24,29H,10-13H2,1-3H3. The Bertz CT molecular complexity index is 973. The summed E-state index contributed by atoms with van der Waals surface area (Å²) in [6.07, 6.45) is 1.31. The lowest BCUT2D eigenvalue weighted by molar-refractivity contribution is 0.0210. The lowest BCUT2D eigenvalue weighted by Crippen LogP contribution is -2.44. The molecule has 1 N–H and O–H groups in total. The molecule has 3 heterocycles. The molecule has 0 aliphatic carbocycles. The number of benzene rings is 2. The molecule has 156 valence electrons. The Kier molecular flexibility index (Phi) is 4.89. The number of fused-ring (bicyclic) bond motifs is 2. The molecule has 3 aliphatic heterocycles. The average Bonchev–Trinajstić information content (AvgIpc) is 2.67. The van der Waals surface area contributed by atoms with Crippen molar-refractivity contribution >= 4 is 21.7 Å². The number of anilines is 1. The predicted molar refractivity (Wildman–Crippen MR) is 112 cm³/mol. The number of nitrogens with zero attached hydrogens (tertiary/aromatic N) is 1. The largest absolute Gasteiger partial charge is 0.444 e. The minimum absolute atomic E-state index is 0.193. The molecule has 0 aromatic heterocycles. The first-order chi connectivity index (χ1) is 13.7. The van der Waals surface area contributed by atoms with Gasteiger partial charge in [0.2, 0.25) is 0 Å². The van der Waals surface area contributed by atoms with Crippen LogP contribution in [0.1, 0.15) is 33.6 Å². The quantitative estimate of drug-likeness (QED) is 0.617. The molecule has 2 bridgehead atoms. The van der Waals surface area contributed by atoms with Gasteiger partial charge in [-0.3, -0.25) is 4.21 Å². The van der Waals surface area contributed by atoms with Crippen LogP contribution in [-0.4, -0.2) is 39.9 Å². The first-order valence-corrected chi connectivity index (χ1v) is 11.6. The number of hydrogen-bond acceptors (Lipinski definition) is 4. The highest BCUT2D eigenvalue weighted by Crippen LogP contribution is 2.49. The summed E-state index contributed by atoms with van der Waals surface area (Å²) in [6, 6.07) is 11.9. The maximum absolute atomic E-state index is 13.6. The van der Waals surface area contributed by atoms with E-state index in [1.807, 2.05) is 39.0 Å². The highest BCUT2D eigenvalue weighted by molar-refractivity contribution is 8.04. The second-order valence-corrected chi connectivity index (χ2v) is 11.4. The monoisotopic (exact) mass is 418 g/mol. The summed E-state index contributed by atoms with van der Waals surface area (Å²) < 4.78 is 32.4. The molecule has 5 nitrogen and oxygen atoms in total. The number of nitrogens with one attached hydrogen (secondary N) is 1. The predicted octanol–water partition coefficient (Wildman–Crippen LogP) is 4.44. The lowest BCUT2D eigenvalue weighted by Gasteiger charge is -2.38. The maximum Gasteiger partial charge on any atom is 0.410 e. The maximum atomic E-state index is 13.6. The van der Waals surface area contributed by atoms with E-state index >= 15 is 0 Å². The lowest BCUT2D eigenvalue weighted by atomic mass is 10.0. The third-order valence-electron chi connectivity index (χ3n) is 5.38. The van der Waals surface area contributed by atoms with E-state index in [1.54, 1.807) is 17.0 Å². The van der Waals surface area contributed by atoms with Crippen molar-refractivity contribution in [2.45, 2.75) is 59.9 Å². The van der Waals surface area contributed by atoms with Gasteiger partial charge in [-0.1, -0.05) is 0 Å². The normalized spacial score (nSPS) is 19.2. The van der Waals surface area contributed by atoms with E-state index in [4.69, 9.17) is 4.74 Å². The number of hydrogen-bond donors (Lipinski definition) is 2. The molecule has 7 heteroatoms. The van der Waals surface area contributed by atoms with E-state index in [-0.39, 0.29) is 18.0 Å². The number of piperidine rings is 1. The number of rotatable bonds is 3. The Hall–Kier alpha value is -2.41. The van der Waals surface area contributed by atoms with E-state index in [9.17, 15) is 13.4 Å². The number of ether oxygens (including phenoxy) is 1. The summed E-state index contributed by atoms with van der Waals surface area (Å²) in [5.41, 5.74) is 0.366. The number of carbonyl (C=O) groups excluding carboxylic acids is 1. The summed E-state index contributed by atoms with van der Waals surface area (Å²) in [4.78, 5) is 16.2. The molecule has 0 radical (unpaired) electrons. The van der Waals surface area contributed by atoms with Crippen LogP contribution in [0.4, 0.5) is 14.9 Å². The van der Waals surface area contributed by atoms with Crippen molar-refractivity contribution < 1.29 is 18.1 Å². The Morgan fingerprint density at radius 1 is 1.10 bits per heavy atom. The Morgan fingerprint density at radius 2 is 1.72 bits per heavy atom. The van der Waals surface area contributed by atoms with Crippen molar-refractivity contribution in [1.29, 1.82) is 0 Å². The van der Waals surface area contributed by atoms with E-state index < -0.39 is 15.5 Å². The van der Waals surface area contributed by atoms with Crippen LogP contribution in [0.15, 0.2) is 57.2 Å². The molecule has 2 aromatic carbocycles. The van der Waals surface area contributed by atoms with E-state index in [1.165, 1.54) is 12.1 Å². The van der Waals surface area contributed by atoms with Gasteiger partial charge in [0.25, 0.3) is 0 Å². The number of likely N-dealkylation sites (tertiary alicyclic amines) is 1. The van der Waals surface area contributed by atoms with Gasteiger partial charge in [0.15, 0.2) is 0 Å². The number of halogens is 1. The highest BCUT2D eigenvalue weighted by atomic mass is 32.2. The van der Waals surface area contributed by atoms with Gasteiger partial charge in [0.05, 0.1) is 0 Å². The second-order valence-electron chi connectivity index (χ2n) is 8.67. The minimum Gasteiger partial charge on any atom is -0.444 e. The molecule has 1 amide bonds. The van der Waals surface area contributed by atoms with Gasteiger partial charge in [-0.05, 0) is 86.0 Å². The van der Waals surface area contributed by atoms with Crippen molar-refractivity contribution in [3.63, 3.8) is 0 Å². The van der Waals surface area contributed by atoms with Gasteiger partial charge in [0, 0.05) is 39.5 Å². The van der Waals surface area contributed by atoms with Crippen molar-refractivity contribution in [3.05, 3.63) is 48.3 Å². The number of amides is 1. The van der Waals surface area contributed by atoms with Crippen LogP contribution in [0.2, 0.25) is 0 Å². The summed E-state index contributed by atoms with van der Waals surface area (Å²) >= 11 is 0. The van der Waals surface area contributed by atoms with Gasteiger partial charge in [-0.2, -0.15) is 0 Å². The van der Waals surface area contributed by atoms with Gasteiger partial charge in [-0.15, -0.1) is 0 Å². The van der Waals surface area contributed by atoms with E-state index in [0.29, 0.717) is 18.0 Å². The zero-order valence-corrected chi connectivity index (χ0v) is 17.8. The van der Waals surface area contributed by atoms with Crippen LogP contribution in [0.3, 0.4) is 0 Å². The van der Waals surface area contributed by atoms with Crippen molar-refractivity contribution in [2.75, 3.05) is 18.4 Å². The van der Waals surface area contributed by atoms with Gasteiger partial charge in [-0.25, -0.2) is 9.18 Å². The summed E-state index contributed by atoms with van der Waals surface area (Å²) in [5, 5.41) is 3.51. The first kappa shape index (κ1) is 19.9. The molecule has 1 saturated heterocycles. The summed E-state index contributed by atoms with van der Waals surface area (Å²) in [5.74, 6) is -0.334. The second kappa shape index (κ2) is 7.13. The van der Waals surface area contributed by atoms with Gasteiger partial charge < -0.3 is 15.0 Å². The van der Waals surface area contributed by atoms with E-state index in [0.717, 1.165) is 28.3 Å². The Labute approximate surface area is 171 Å². The van der Waals surface area contributed by atoms with Crippen molar-refractivity contribution in [1.82, 2.24) is 4.90 Å². The van der Waals surface area contributed by atoms with Crippen LogP contribution in [0.25, 0.3) is 0 Å². The topological polar surface area (TPSA) is 58.6 Å². The fourth-order valence-corrected chi connectivity index (χ4v) is 6.48. The molecule has 1 fully saturated rings. The number of carbonyl (C=O) groups is 1. The smallest absolute Gasteiger partial charge is 0.410 e. The molecule has 0 saturated carbocycles. The third-order valence-corrected chi connectivity index (χ3v) is 8.46. The minimum atomic E-state index is -2.81. The van der Waals surface area contributed by atoms with Crippen LogP contribution >= 0.6 is 0 Å². The molecule has 2 aromatic rings. The van der Waals surface area contributed by atoms with Crippen molar-refractivity contribution in [2.24, 2.45) is 0 Å². The third kappa shape index (κ3) is 3.75. The Balaban J connectivity index is 1.42. The van der Waals surface area contributed by atoms with E-state index in [2.05, 4.69) is 5.32 Å². The molecule has 0 atom stereocenters. The van der Waals surface area contributed by atoms with Gasteiger partial charge >= 0.3 is 6.09 Å². The summed E-state index contributed by atoms with van der Waals surface area (Å²) in [7, 11) is -2.81. The summed E-state index contributed by atoms with van der Waals surface area (Å²) in [6.45, 7) is 6.83. The molecular weight excluding hydrogens is 391 g/mol. The molecule has 5 rings (SSSR count). The number of thiol groups is 1. The molecule has 0 unspecified atom stereocenters. The zero-order chi connectivity index (χ0) is 20.8. The fraction of sp³-hybridized carbons (Fsp3) is 0.409. The molecular formula is C22H27FN2O3S. The Morgan fingerprint density at radius 3 is 2.31 bits per heavy atom. The molecule has 0 spiro atoms. The van der Waals surface area contributed by atoms with Crippen LogP contribution < -0.4 is 5.32 Å². The van der Waals surface area contributed by atoms with Crippen LogP contribution in [0.5, 0.6) is 0 Å². The zero-order valence-electron chi connectivity index (χ0n) is 16.9. The fourth-order valence-electron chi connectivity index (χ4n) is 3.86. The SMILES string of the molecule is CC(C)(C)OC(=O)N1CCC(Nc2ccc3cc2[SH]3(=O)c2ccc(F)cc2)CC1. The van der Waals surface area contributed by atoms with Gasteiger partial charge in [0.1, 0.15) is 11.4 Å². The average molecular weight is 419 g/mol. The van der Waals surface area contributed by atoms with Crippen LogP contribution in [0, 0.1) is 5.82 Å².